The Morgan fingerprint density at radius 1 is 1.19 bits per heavy atom. The number of imidazole rings is 1. The number of hydrogen-bond donors (Lipinski definition) is 4. The third-order valence-corrected chi connectivity index (χ3v) is 3.99. The Kier molecular flexibility index (Phi) is 5.69. The van der Waals surface area contributed by atoms with E-state index in [1.54, 1.807) is 30.3 Å². The number of rotatable bonds is 7. The lowest BCUT2D eigenvalue weighted by molar-refractivity contribution is -0.0696. The maximum Gasteiger partial charge on any atom is 0.256 e. The predicted molar refractivity (Wildman–Crippen MR) is 93.6 cm³/mol. The molecular formula is C17H18FN5O4. The highest BCUT2D eigenvalue weighted by Crippen LogP contribution is 2.24. The quantitative estimate of drug-likeness (QED) is 0.476. The highest BCUT2D eigenvalue weighted by atomic mass is 19.1. The zero-order chi connectivity index (χ0) is 19.4. The summed E-state index contributed by atoms with van der Waals surface area (Å²) in [7, 11) is 0. The first-order valence-corrected chi connectivity index (χ1v) is 8.18. The number of amides is 1. The average Bonchev–Trinajstić information content (AvgIpc) is 3.13. The van der Waals surface area contributed by atoms with Crippen LogP contribution in [0.5, 0.6) is 0 Å². The molecule has 1 aromatic carbocycles. The van der Waals surface area contributed by atoms with Gasteiger partial charge in [-0.2, -0.15) is 0 Å². The Balaban J connectivity index is 1.87. The van der Waals surface area contributed by atoms with Gasteiger partial charge in [0.05, 0.1) is 6.33 Å². The molecule has 0 aliphatic carbocycles. The van der Waals surface area contributed by atoms with Crippen LogP contribution >= 0.6 is 0 Å². The number of aliphatic hydroxyl groups is 3. The number of carbonyl (C=O) groups excluding carboxylic acids is 1. The highest BCUT2D eigenvalue weighted by Gasteiger charge is 2.29. The molecule has 0 aliphatic rings. The van der Waals surface area contributed by atoms with E-state index in [9.17, 15) is 19.4 Å². The molecule has 0 saturated heterocycles. The van der Waals surface area contributed by atoms with Crippen LogP contribution in [-0.4, -0.2) is 59.6 Å². The van der Waals surface area contributed by atoms with Gasteiger partial charge in [0.25, 0.3) is 5.91 Å². The molecule has 3 aromatic rings. The van der Waals surface area contributed by atoms with Gasteiger partial charge in [-0.15, -0.1) is 0 Å². The number of nitrogens with zero attached hydrogens (tertiary/aromatic N) is 4. The summed E-state index contributed by atoms with van der Waals surface area (Å²) in [5.74, 6) is -0.293. The van der Waals surface area contributed by atoms with Gasteiger partial charge in [-0.3, -0.25) is 9.36 Å². The Morgan fingerprint density at radius 3 is 2.63 bits per heavy atom. The van der Waals surface area contributed by atoms with Crippen LogP contribution in [0.25, 0.3) is 11.2 Å². The van der Waals surface area contributed by atoms with E-state index in [0.29, 0.717) is 5.56 Å². The molecule has 142 valence electrons. The highest BCUT2D eigenvalue weighted by molar-refractivity contribution is 6.06. The van der Waals surface area contributed by atoms with Crippen molar-refractivity contribution in [3.63, 3.8) is 0 Å². The van der Waals surface area contributed by atoms with Crippen LogP contribution in [0, 0.1) is 0 Å². The molecule has 27 heavy (non-hydrogen) atoms. The summed E-state index contributed by atoms with van der Waals surface area (Å²) in [6.45, 7) is -0.465. The number of aliphatic hydroxyl groups excluding tert-OH is 3. The second-order valence-corrected chi connectivity index (χ2v) is 5.80. The second kappa shape index (κ2) is 8.16. The van der Waals surface area contributed by atoms with Crippen LogP contribution in [-0.2, 0) is 0 Å². The lowest BCUT2D eigenvalue weighted by Gasteiger charge is -2.22. The topological polar surface area (TPSA) is 133 Å². The third-order valence-electron chi connectivity index (χ3n) is 3.99. The van der Waals surface area contributed by atoms with Gasteiger partial charge in [0, 0.05) is 18.6 Å². The van der Waals surface area contributed by atoms with E-state index < -0.39 is 31.0 Å². The number of hydrogen-bond acceptors (Lipinski definition) is 7. The van der Waals surface area contributed by atoms with E-state index in [2.05, 4.69) is 20.3 Å². The molecule has 0 fully saturated rings. The minimum atomic E-state index is -1.83. The fourth-order valence-electron chi connectivity index (χ4n) is 2.55. The molecule has 0 bridgehead atoms. The van der Waals surface area contributed by atoms with Crippen molar-refractivity contribution in [3.05, 3.63) is 48.5 Å². The smallest absolute Gasteiger partial charge is 0.256 e. The zero-order valence-electron chi connectivity index (χ0n) is 14.1. The van der Waals surface area contributed by atoms with Crippen molar-refractivity contribution >= 4 is 22.9 Å². The molecule has 2 heterocycles. The third kappa shape index (κ3) is 3.92. The molecule has 0 saturated carbocycles. The number of alkyl halides is 1. The van der Waals surface area contributed by atoms with Gasteiger partial charge in [-0.1, -0.05) is 18.2 Å². The summed E-state index contributed by atoms with van der Waals surface area (Å²) >= 11 is 0. The number of fused-ring (bicyclic) bond motifs is 1. The number of nitrogens with one attached hydrogen (secondary N) is 1. The van der Waals surface area contributed by atoms with E-state index in [4.69, 9.17) is 5.11 Å². The number of aromatic nitrogens is 4. The normalized spacial score (nSPS) is 14.7. The molecule has 0 radical (unpaired) electrons. The van der Waals surface area contributed by atoms with Crippen LogP contribution in [0.3, 0.4) is 0 Å². The Bertz CT molecular complexity index is 920. The SMILES string of the molecule is O=C(Nc1ncnc2c1ncn2[C@H](O)[C@H](O)[C@H](F)CCO)c1ccccc1. The van der Waals surface area contributed by atoms with Crippen molar-refractivity contribution in [1.29, 1.82) is 0 Å². The summed E-state index contributed by atoms with van der Waals surface area (Å²) in [5, 5.41) is 31.5. The molecular weight excluding hydrogens is 357 g/mol. The number of halogens is 1. The van der Waals surface area contributed by atoms with E-state index in [1.165, 1.54) is 0 Å². The van der Waals surface area contributed by atoms with Gasteiger partial charge >= 0.3 is 0 Å². The molecule has 0 spiro atoms. The van der Waals surface area contributed by atoms with Crippen molar-refractivity contribution < 1.29 is 24.5 Å². The van der Waals surface area contributed by atoms with Crippen molar-refractivity contribution in [2.75, 3.05) is 11.9 Å². The molecule has 1 amide bonds. The monoisotopic (exact) mass is 375 g/mol. The van der Waals surface area contributed by atoms with Crippen molar-refractivity contribution in [2.24, 2.45) is 0 Å². The summed E-state index contributed by atoms with van der Waals surface area (Å²) in [5.41, 5.74) is 0.699. The van der Waals surface area contributed by atoms with E-state index in [1.807, 2.05) is 0 Å². The molecule has 2 aromatic heterocycles. The maximum absolute atomic E-state index is 13.8. The fourth-order valence-corrected chi connectivity index (χ4v) is 2.55. The molecule has 3 atom stereocenters. The molecule has 4 N–H and O–H groups in total. The molecule has 9 nitrogen and oxygen atoms in total. The minimum absolute atomic E-state index is 0.108. The van der Waals surface area contributed by atoms with Crippen molar-refractivity contribution in [2.45, 2.75) is 24.9 Å². The lowest BCUT2D eigenvalue weighted by Crippen LogP contribution is -2.33. The summed E-state index contributed by atoms with van der Waals surface area (Å²) in [4.78, 5) is 24.3. The average molecular weight is 375 g/mol. The maximum atomic E-state index is 13.8. The standard InChI is InChI=1S/C17H18FN5O4/c18-11(6-7-24)13(25)17(27)23-9-21-12-14(19-8-20-15(12)23)22-16(26)10-4-2-1-3-5-10/h1-5,8-9,11,13,17,24-25,27H,6-7H2,(H,19,20,22,26)/t11-,13-,17-/m1/s1. The summed E-state index contributed by atoms with van der Waals surface area (Å²) in [6, 6.07) is 8.49. The van der Waals surface area contributed by atoms with Crippen LogP contribution in [0.2, 0.25) is 0 Å². The van der Waals surface area contributed by atoms with Crippen LogP contribution < -0.4 is 5.32 Å². The van der Waals surface area contributed by atoms with Gasteiger partial charge < -0.3 is 20.6 Å². The Hall–Kier alpha value is -2.95. The predicted octanol–water partition coefficient (Wildman–Crippen LogP) is 0.651. The van der Waals surface area contributed by atoms with Gasteiger partial charge in [0.2, 0.25) is 0 Å². The van der Waals surface area contributed by atoms with Gasteiger partial charge in [0.15, 0.2) is 23.2 Å². The summed E-state index contributed by atoms with van der Waals surface area (Å²) < 4.78 is 14.9. The van der Waals surface area contributed by atoms with E-state index in [0.717, 1.165) is 17.2 Å². The first-order chi connectivity index (χ1) is 13.0. The first kappa shape index (κ1) is 18.8. The fraction of sp³-hybridized carbons (Fsp3) is 0.294. The summed E-state index contributed by atoms with van der Waals surface area (Å²) in [6.07, 6.45) is -3.30. The van der Waals surface area contributed by atoms with Crippen LogP contribution in [0.1, 0.15) is 23.0 Å². The number of anilines is 1. The van der Waals surface area contributed by atoms with Crippen molar-refractivity contribution in [3.8, 4) is 0 Å². The second-order valence-electron chi connectivity index (χ2n) is 5.80. The van der Waals surface area contributed by atoms with Gasteiger partial charge in [-0.05, 0) is 12.1 Å². The van der Waals surface area contributed by atoms with Gasteiger partial charge in [0.1, 0.15) is 18.6 Å². The first-order valence-electron chi connectivity index (χ1n) is 8.18. The largest absolute Gasteiger partial charge is 0.396 e. The molecule has 0 aliphatic heterocycles. The van der Waals surface area contributed by atoms with Gasteiger partial charge in [-0.25, -0.2) is 19.3 Å². The minimum Gasteiger partial charge on any atom is -0.396 e. The van der Waals surface area contributed by atoms with Crippen LogP contribution in [0.4, 0.5) is 10.2 Å². The van der Waals surface area contributed by atoms with Crippen molar-refractivity contribution in [1.82, 2.24) is 19.5 Å². The Labute approximate surface area is 153 Å². The van der Waals surface area contributed by atoms with Crippen LogP contribution in [0.15, 0.2) is 43.0 Å². The number of benzene rings is 1. The Morgan fingerprint density at radius 2 is 1.93 bits per heavy atom. The van der Waals surface area contributed by atoms with E-state index in [-0.39, 0.29) is 23.4 Å². The zero-order valence-corrected chi connectivity index (χ0v) is 14.1. The lowest BCUT2D eigenvalue weighted by atomic mass is 10.1. The molecule has 0 unspecified atom stereocenters. The number of carbonyl (C=O) groups is 1. The van der Waals surface area contributed by atoms with E-state index >= 15 is 0 Å². The molecule has 10 heteroatoms. The molecule has 3 rings (SSSR count).